The number of nitrogens with two attached hydrogens (primary N) is 1. The summed E-state index contributed by atoms with van der Waals surface area (Å²) in [6.45, 7) is 2.44. The second-order valence-corrected chi connectivity index (χ2v) is 4.85. The van der Waals surface area contributed by atoms with Crippen molar-refractivity contribution in [1.29, 1.82) is 0 Å². The van der Waals surface area contributed by atoms with Crippen LogP contribution < -0.4 is 5.73 Å². The van der Waals surface area contributed by atoms with Gasteiger partial charge in [0.25, 0.3) is 0 Å². The van der Waals surface area contributed by atoms with Crippen LogP contribution in [0.3, 0.4) is 0 Å². The highest BCUT2D eigenvalue weighted by Gasteiger charge is 2.13. The van der Waals surface area contributed by atoms with E-state index in [2.05, 4.69) is 10.1 Å². The van der Waals surface area contributed by atoms with E-state index in [0.29, 0.717) is 32.6 Å². The molecule has 0 aliphatic heterocycles. The second-order valence-electron chi connectivity index (χ2n) is 4.85. The number of carbonyl (C=O) groups is 1. The van der Waals surface area contributed by atoms with Crippen molar-refractivity contribution in [2.75, 3.05) is 13.1 Å². The third kappa shape index (κ3) is 5.83. The minimum atomic E-state index is 0. The van der Waals surface area contributed by atoms with Gasteiger partial charge in [-0.15, -0.1) is 12.4 Å². The monoisotopic (exact) mass is 323 g/mol. The Morgan fingerprint density at radius 1 is 1.27 bits per heavy atom. The number of halogens is 1. The van der Waals surface area contributed by atoms with Crippen LogP contribution in [0.1, 0.15) is 18.4 Å². The lowest BCUT2D eigenvalue weighted by atomic mass is 10.2. The van der Waals surface area contributed by atoms with Gasteiger partial charge < -0.3 is 10.6 Å². The van der Waals surface area contributed by atoms with Crippen LogP contribution in [0.5, 0.6) is 0 Å². The highest BCUT2D eigenvalue weighted by molar-refractivity contribution is 5.85. The van der Waals surface area contributed by atoms with Gasteiger partial charge in [-0.05, 0) is 18.5 Å². The molecule has 0 saturated heterocycles. The van der Waals surface area contributed by atoms with Crippen LogP contribution >= 0.6 is 12.4 Å². The zero-order valence-corrected chi connectivity index (χ0v) is 13.3. The van der Waals surface area contributed by atoms with Crippen LogP contribution in [-0.4, -0.2) is 38.7 Å². The minimum absolute atomic E-state index is 0. The topological polar surface area (TPSA) is 77.0 Å². The fourth-order valence-electron chi connectivity index (χ4n) is 2.09. The second kappa shape index (κ2) is 9.92. The fraction of sp³-hybridized carbons (Fsp3) is 0.400. The average Bonchev–Trinajstić information content (AvgIpc) is 3.03. The molecule has 0 atom stereocenters. The van der Waals surface area contributed by atoms with E-state index in [1.165, 1.54) is 6.33 Å². The lowest BCUT2D eigenvalue weighted by Gasteiger charge is -2.22. The van der Waals surface area contributed by atoms with E-state index in [0.717, 1.165) is 12.0 Å². The van der Waals surface area contributed by atoms with Gasteiger partial charge in [0.2, 0.25) is 5.91 Å². The van der Waals surface area contributed by atoms with Crippen LogP contribution in [0.4, 0.5) is 0 Å². The molecular weight excluding hydrogens is 302 g/mol. The Hall–Kier alpha value is -1.92. The van der Waals surface area contributed by atoms with Gasteiger partial charge in [0.1, 0.15) is 12.7 Å². The summed E-state index contributed by atoms with van der Waals surface area (Å²) in [4.78, 5) is 18.1. The van der Waals surface area contributed by atoms with Crippen molar-refractivity contribution in [1.82, 2.24) is 19.7 Å². The molecular formula is C15H22ClN5O. The number of amides is 1. The first kappa shape index (κ1) is 18.1. The third-order valence-electron chi connectivity index (χ3n) is 3.22. The van der Waals surface area contributed by atoms with E-state index in [-0.39, 0.29) is 18.3 Å². The summed E-state index contributed by atoms with van der Waals surface area (Å²) < 4.78 is 1.67. The standard InChI is InChI=1S/C15H21N5O.ClH/c16-8-4-9-19(11-14-5-2-1-3-6-14)15(21)7-10-20-13-17-12-18-20;/h1-3,5-6,12-13H,4,7-11,16H2;1H. The van der Waals surface area contributed by atoms with Crippen molar-refractivity contribution in [3.8, 4) is 0 Å². The number of aryl methyl sites for hydroxylation is 1. The largest absolute Gasteiger partial charge is 0.338 e. The van der Waals surface area contributed by atoms with Gasteiger partial charge >= 0.3 is 0 Å². The van der Waals surface area contributed by atoms with Gasteiger partial charge in [0.05, 0.1) is 6.54 Å². The maximum absolute atomic E-state index is 12.4. The summed E-state index contributed by atoms with van der Waals surface area (Å²) in [5.41, 5.74) is 6.69. The molecule has 0 aliphatic rings. The Morgan fingerprint density at radius 2 is 2.05 bits per heavy atom. The first-order valence-electron chi connectivity index (χ1n) is 7.14. The number of rotatable bonds is 8. The Bertz CT molecular complexity index is 532. The van der Waals surface area contributed by atoms with E-state index in [1.807, 2.05) is 35.2 Å². The normalized spacial score (nSPS) is 10.0. The Morgan fingerprint density at radius 3 is 2.68 bits per heavy atom. The zero-order valence-electron chi connectivity index (χ0n) is 12.5. The highest BCUT2D eigenvalue weighted by atomic mass is 35.5. The molecule has 0 unspecified atom stereocenters. The lowest BCUT2D eigenvalue weighted by molar-refractivity contribution is -0.132. The van der Waals surface area contributed by atoms with Crippen molar-refractivity contribution < 1.29 is 4.79 Å². The van der Waals surface area contributed by atoms with Gasteiger partial charge in [-0.1, -0.05) is 30.3 Å². The molecule has 22 heavy (non-hydrogen) atoms. The molecule has 2 rings (SSSR count). The summed E-state index contributed by atoms with van der Waals surface area (Å²) in [5.74, 6) is 0.114. The van der Waals surface area contributed by atoms with Gasteiger partial charge in [-0.2, -0.15) is 5.10 Å². The van der Waals surface area contributed by atoms with Crippen LogP contribution in [0.25, 0.3) is 0 Å². The molecule has 6 nitrogen and oxygen atoms in total. The van der Waals surface area contributed by atoms with Crippen LogP contribution in [0.15, 0.2) is 43.0 Å². The number of carbonyl (C=O) groups excluding carboxylic acids is 1. The molecule has 0 radical (unpaired) electrons. The predicted octanol–water partition coefficient (Wildman–Crippen LogP) is 1.47. The Balaban J connectivity index is 0.00000242. The van der Waals surface area contributed by atoms with Crippen molar-refractivity contribution in [2.24, 2.45) is 5.73 Å². The van der Waals surface area contributed by atoms with Crippen LogP contribution in [0, 0.1) is 0 Å². The molecule has 1 aromatic carbocycles. The Labute approximate surface area is 136 Å². The molecule has 2 aromatic rings. The van der Waals surface area contributed by atoms with Gasteiger partial charge in [-0.3, -0.25) is 9.48 Å². The molecule has 0 fully saturated rings. The molecule has 120 valence electrons. The molecule has 1 aromatic heterocycles. The molecule has 7 heteroatoms. The van der Waals surface area contributed by atoms with Crippen LogP contribution in [0.2, 0.25) is 0 Å². The molecule has 1 heterocycles. The number of hydrogen-bond acceptors (Lipinski definition) is 4. The predicted molar refractivity (Wildman–Crippen MR) is 87.4 cm³/mol. The van der Waals surface area contributed by atoms with Crippen molar-refractivity contribution in [3.05, 3.63) is 48.5 Å². The third-order valence-corrected chi connectivity index (χ3v) is 3.22. The summed E-state index contributed by atoms with van der Waals surface area (Å²) >= 11 is 0. The van der Waals surface area contributed by atoms with Crippen molar-refractivity contribution in [2.45, 2.75) is 25.9 Å². The molecule has 0 saturated carbocycles. The van der Waals surface area contributed by atoms with Gasteiger partial charge in [0.15, 0.2) is 0 Å². The van der Waals surface area contributed by atoms with Crippen molar-refractivity contribution >= 4 is 18.3 Å². The number of benzene rings is 1. The number of aromatic nitrogens is 3. The summed E-state index contributed by atoms with van der Waals surface area (Å²) in [6.07, 6.45) is 4.32. The summed E-state index contributed by atoms with van der Waals surface area (Å²) in [7, 11) is 0. The van der Waals surface area contributed by atoms with Gasteiger partial charge in [-0.25, -0.2) is 4.98 Å². The average molecular weight is 324 g/mol. The van der Waals surface area contributed by atoms with E-state index in [4.69, 9.17) is 5.73 Å². The van der Waals surface area contributed by atoms with E-state index < -0.39 is 0 Å². The van der Waals surface area contributed by atoms with E-state index >= 15 is 0 Å². The zero-order chi connectivity index (χ0) is 14.9. The van der Waals surface area contributed by atoms with E-state index in [9.17, 15) is 4.79 Å². The molecule has 0 bridgehead atoms. The first-order valence-corrected chi connectivity index (χ1v) is 7.14. The van der Waals surface area contributed by atoms with Gasteiger partial charge in [0, 0.05) is 19.5 Å². The SMILES string of the molecule is Cl.NCCCN(Cc1ccccc1)C(=O)CCn1cncn1. The minimum Gasteiger partial charge on any atom is -0.338 e. The molecule has 1 amide bonds. The highest BCUT2D eigenvalue weighted by Crippen LogP contribution is 2.07. The smallest absolute Gasteiger partial charge is 0.224 e. The lowest BCUT2D eigenvalue weighted by Crippen LogP contribution is -2.33. The Kier molecular flexibility index (Phi) is 8.17. The van der Waals surface area contributed by atoms with Crippen molar-refractivity contribution in [3.63, 3.8) is 0 Å². The van der Waals surface area contributed by atoms with Crippen LogP contribution in [-0.2, 0) is 17.9 Å². The number of hydrogen-bond donors (Lipinski definition) is 1. The fourth-order valence-corrected chi connectivity index (χ4v) is 2.09. The summed E-state index contributed by atoms with van der Waals surface area (Å²) in [5, 5.41) is 4.01. The molecule has 0 aliphatic carbocycles. The molecule has 0 spiro atoms. The quantitative estimate of drug-likeness (QED) is 0.798. The molecule has 2 N–H and O–H groups in total. The maximum atomic E-state index is 12.4. The maximum Gasteiger partial charge on any atom is 0.224 e. The van der Waals surface area contributed by atoms with E-state index in [1.54, 1.807) is 11.0 Å². The summed E-state index contributed by atoms with van der Waals surface area (Å²) in [6, 6.07) is 9.99. The first-order chi connectivity index (χ1) is 10.3. The number of nitrogens with zero attached hydrogens (tertiary/aromatic N) is 4.